The number of alkyl halides is 3. The summed E-state index contributed by atoms with van der Waals surface area (Å²) in [7, 11) is -3.44. The molecule has 0 bridgehead atoms. The van der Waals surface area contributed by atoms with Crippen LogP contribution in [-0.4, -0.2) is 36.3 Å². The summed E-state index contributed by atoms with van der Waals surface area (Å²) < 4.78 is 65.9. The summed E-state index contributed by atoms with van der Waals surface area (Å²) in [6.45, 7) is 0. The van der Waals surface area contributed by atoms with Crippen LogP contribution in [0.1, 0.15) is 49.7 Å². The number of carbonyl (C=O) groups excluding carboxylic acids is 1. The van der Waals surface area contributed by atoms with Crippen molar-refractivity contribution in [1.82, 2.24) is 4.98 Å². The molecule has 2 fully saturated rings. The molecule has 2 aliphatic rings. The Labute approximate surface area is 196 Å². The fourth-order valence-electron chi connectivity index (χ4n) is 4.55. The number of hydrogen-bond donors (Lipinski definition) is 2. The third-order valence-corrected chi connectivity index (χ3v) is 8.41. The Balaban J connectivity index is 1.40. The van der Waals surface area contributed by atoms with Gasteiger partial charge in [-0.05, 0) is 60.9 Å². The maximum absolute atomic E-state index is 13.8. The van der Waals surface area contributed by atoms with Crippen molar-refractivity contribution in [2.24, 2.45) is 11.8 Å². The van der Waals surface area contributed by atoms with Crippen molar-refractivity contribution in [2.45, 2.75) is 61.7 Å². The van der Waals surface area contributed by atoms with Gasteiger partial charge in [0, 0.05) is 17.8 Å². The molecule has 2 aromatic rings. The van der Waals surface area contributed by atoms with Crippen LogP contribution in [0.15, 0.2) is 47.6 Å². The Bertz CT molecular complexity index is 1120. The molecule has 1 heterocycles. The van der Waals surface area contributed by atoms with Crippen LogP contribution < -0.4 is 5.32 Å². The molecule has 184 valence electrons. The number of halogens is 3. The van der Waals surface area contributed by atoms with Gasteiger partial charge < -0.3 is 10.4 Å². The van der Waals surface area contributed by atoms with E-state index in [0.717, 1.165) is 12.8 Å². The van der Waals surface area contributed by atoms with E-state index in [9.17, 15) is 31.5 Å². The first-order valence-corrected chi connectivity index (χ1v) is 13.0. The van der Waals surface area contributed by atoms with Crippen LogP contribution in [0, 0.1) is 11.8 Å². The van der Waals surface area contributed by atoms with Crippen LogP contribution in [-0.2, 0) is 26.7 Å². The summed E-state index contributed by atoms with van der Waals surface area (Å²) in [5.41, 5.74) is -2.36. The van der Waals surface area contributed by atoms with Crippen LogP contribution in [0.2, 0.25) is 0 Å². The minimum absolute atomic E-state index is 0.0152. The smallest absolute Gasteiger partial charge is 0.376 e. The summed E-state index contributed by atoms with van der Waals surface area (Å²) in [6.07, 6.45) is 0.201. The average Bonchev–Trinajstić information content (AvgIpc) is 3.39. The molecule has 4 rings (SSSR count). The van der Waals surface area contributed by atoms with Crippen molar-refractivity contribution in [2.75, 3.05) is 11.1 Å². The molecule has 1 atom stereocenters. The molecule has 1 aromatic carbocycles. The first-order chi connectivity index (χ1) is 16.0. The normalized spacial score (nSPS) is 19.1. The molecule has 2 aliphatic carbocycles. The summed E-state index contributed by atoms with van der Waals surface area (Å²) in [4.78, 5) is 16.4. The number of pyridine rings is 1. The number of amides is 1. The second-order valence-electron chi connectivity index (χ2n) is 9.28. The predicted octanol–water partition coefficient (Wildman–Crippen LogP) is 4.39. The van der Waals surface area contributed by atoms with Gasteiger partial charge in [-0.3, -0.25) is 4.79 Å². The van der Waals surface area contributed by atoms with Crippen molar-refractivity contribution in [3.05, 3.63) is 53.7 Å². The first-order valence-electron chi connectivity index (χ1n) is 11.4. The van der Waals surface area contributed by atoms with Crippen molar-refractivity contribution >= 4 is 21.4 Å². The fraction of sp³-hybridized carbons (Fsp3) is 0.500. The molecule has 1 aromatic heterocycles. The Kier molecular flexibility index (Phi) is 6.74. The Morgan fingerprint density at radius 2 is 1.68 bits per heavy atom. The molecule has 0 spiro atoms. The number of carbonyl (C=O) groups is 1. The van der Waals surface area contributed by atoms with Crippen LogP contribution in [0.3, 0.4) is 0 Å². The largest absolute Gasteiger partial charge is 0.421 e. The Morgan fingerprint density at radius 3 is 2.21 bits per heavy atom. The average molecular weight is 497 g/mol. The van der Waals surface area contributed by atoms with E-state index in [-0.39, 0.29) is 28.7 Å². The minimum Gasteiger partial charge on any atom is -0.376 e. The van der Waals surface area contributed by atoms with Gasteiger partial charge in [0.2, 0.25) is 5.91 Å². The minimum atomic E-state index is -4.81. The maximum Gasteiger partial charge on any atom is 0.421 e. The summed E-state index contributed by atoms with van der Waals surface area (Å²) in [5, 5.41) is 13.2. The number of sulfone groups is 1. The zero-order chi connectivity index (χ0) is 24.6. The number of anilines is 1. The molecule has 34 heavy (non-hydrogen) atoms. The van der Waals surface area contributed by atoms with Gasteiger partial charge in [-0.2, -0.15) is 13.2 Å². The van der Waals surface area contributed by atoms with E-state index in [1.807, 2.05) is 0 Å². The fourth-order valence-corrected chi connectivity index (χ4v) is 6.17. The van der Waals surface area contributed by atoms with Crippen LogP contribution in [0.5, 0.6) is 0 Å². The van der Waals surface area contributed by atoms with E-state index in [2.05, 4.69) is 10.3 Å². The quantitative estimate of drug-likeness (QED) is 0.565. The molecule has 2 saturated carbocycles. The van der Waals surface area contributed by atoms with Crippen molar-refractivity contribution in [3.63, 3.8) is 0 Å². The zero-order valence-electron chi connectivity index (χ0n) is 18.5. The van der Waals surface area contributed by atoms with Gasteiger partial charge in [0.1, 0.15) is 0 Å². The van der Waals surface area contributed by atoms with Gasteiger partial charge >= 0.3 is 6.18 Å². The van der Waals surface area contributed by atoms with Crippen molar-refractivity contribution in [1.29, 1.82) is 0 Å². The third-order valence-electron chi connectivity index (χ3n) is 6.62. The zero-order valence-corrected chi connectivity index (χ0v) is 19.3. The summed E-state index contributed by atoms with van der Waals surface area (Å²) >= 11 is 0. The Hall–Kier alpha value is -2.46. The second kappa shape index (κ2) is 9.30. The van der Waals surface area contributed by atoms with Gasteiger partial charge in [-0.15, -0.1) is 0 Å². The summed E-state index contributed by atoms with van der Waals surface area (Å²) in [5.74, 6) is -1.03. The van der Waals surface area contributed by atoms with Crippen LogP contribution in [0.4, 0.5) is 18.9 Å². The van der Waals surface area contributed by atoms with Gasteiger partial charge in [0.25, 0.3) is 0 Å². The molecule has 0 aliphatic heterocycles. The lowest BCUT2D eigenvalue weighted by Crippen LogP contribution is -2.47. The highest BCUT2D eigenvalue weighted by Crippen LogP contribution is 2.50. The highest BCUT2D eigenvalue weighted by atomic mass is 32.2. The van der Waals surface area contributed by atoms with Crippen molar-refractivity contribution in [3.8, 4) is 0 Å². The topological polar surface area (TPSA) is 96.4 Å². The number of aromatic nitrogens is 1. The van der Waals surface area contributed by atoms with Gasteiger partial charge in [0.15, 0.2) is 20.5 Å². The van der Waals surface area contributed by atoms with Crippen molar-refractivity contribution < 1.29 is 31.5 Å². The second-order valence-corrected chi connectivity index (χ2v) is 11.3. The molecule has 2 N–H and O–H groups in total. The first kappa shape index (κ1) is 24.7. The highest BCUT2D eigenvalue weighted by Gasteiger charge is 2.59. The molecule has 1 unspecified atom stereocenters. The number of benzene rings is 1. The SMILES string of the molecule is O=C(Cc1ccc(S(=O)(=O)CC2CC2)nc1)Nc1ccc(C(O)(C2CCCC2)C(F)(F)F)cc1. The molecule has 0 saturated heterocycles. The highest BCUT2D eigenvalue weighted by molar-refractivity contribution is 7.91. The van der Waals surface area contributed by atoms with E-state index in [0.29, 0.717) is 36.9 Å². The molecule has 6 nitrogen and oxygen atoms in total. The van der Waals surface area contributed by atoms with Gasteiger partial charge in [-0.25, -0.2) is 13.4 Å². The lowest BCUT2D eigenvalue weighted by atomic mass is 9.79. The predicted molar refractivity (Wildman–Crippen MR) is 120 cm³/mol. The van der Waals surface area contributed by atoms with Gasteiger partial charge in [-0.1, -0.05) is 31.0 Å². The number of nitrogens with one attached hydrogen (secondary N) is 1. The molecular formula is C24H27F3N2O4S. The van der Waals surface area contributed by atoms with Crippen LogP contribution >= 0.6 is 0 Å². The number of rotatable bonds is 8. The maximum atomic E-state index is 13.8. The number of hydrogen-bond acceptors (Lipinski definition) is 5. The number of aliphatic hydroxyl groups is 1. The van der Waals surface area contributed by atoms with E-state index in [1.165, 1.54) is 42.6 Å². The van der Waals surface area contributed by atoms with E-state index >= 15 is 0 Å². The van der Waals surface area contributed by atoms with E-state index in [1.54, 1.807) is 0 Å². The lowest BCUT2D eigenvalue weighted by Gasteiger charge is -2.36. The monoisotopic (exact) mass is 496 g/mol. The standard InChI is InChI=1S/C24H27F3N2O4S/c25-24(26,27)23(31,18-3-1-2-4-18)19-8-10-20(11-9-19)29-21(30)13-17-7-12-22(28-14-17)34(32,33)15-16-5-6-16/h7-12,14,16,18,31H,1-6,13,15H2,(H,29,30). The molecule has 0 radical (unpaired) electrons. The number of nitrogens with zero attached hydrogens (tertiary/aromatic N) is 1. The Morgan fingerprint density at radius 1 is 1.03 bits per heavy atom. The lowest BCUT2D eigenvalue weighted by molar-refractivity contribution is -0.286. The third kappa shape index (κ3) is 5.27. The molecule has 1 amide bonds. The van der Waals surface area contributed by atoms with E-state index in [4.69, 9.17) is 0 Å². The van der Waals surface area contributed by atoms with Gasteiger partial charge in [0.05, 0.1) is 12.2 Å². The van der Waals surface area contributed by atoms with E-state index < -0.39 is 33.4 Å². The van der Waals surface area contributed by atoms with Crippen LogP contribution in [0.25, 0.3) is 0 Å². The summed E-state index contributed by atoms with van der Waals surface area (Å²) in [6, 6.07) is 7.98. The molecule has 10 heteroatoms. The molecular weight excluding hydrogens is 469 g/mol.